The zero-order valence-corrected chi connectivity index (χ0v) is 14.2. The minimum Gasteiger partial charge on any atom is -0.494 e. The molecule has 3 nitrogen and oxygen atoms in total. The second-order valence-corrected chi connectivity index (χ2v) is 5.77. The van der Waals surface area contributed by atoms with Gasteiger partial charge in [0, 0.05) is 21.8 Å². The SMILES string of the molecule is CCCOc1ccc(/C=C/C(=O)Nc2cc(Cl)cc(Cl)c2)cc1. The molecule has 0 spiro atoms. The van der Waals surface area contributed by atoms with Crippen molar-refractivity contribution in [2.24, 2.45) is 0 Å². The molecule has 2 aromatic carbocycles. The van der Waals surface area contributed by atoms with Gasteiger partial charge in [0.15, 0.2) is 0 Å². The van der Waals surface area contributed by atoms with Gasteiger partial charge in [0.2, 0.25) is 5.91 Å². The highest BCUT2D eigenvalue weighted by atomic mass is 35.5. The van der Waals surface area contributed by atoms with Crippen LogP contribution in [0.3, 0.4) is 0 Å². The lowest BCUT2D eigenvalue weighted by Gasteiger charge is -2.04. The number of nitrogens with one attached hydrogen (secondary N) is 1. The largest absolute Gasteiger partial charge is 0.494 e. The van der Waals surface area contributed by atoms with Crippen LogP contribution >= 0.6 is 23.2 Å². The molecule has 0 aliphatic heterocycles. The number of halogens is 2. The molecule has 0 atom stereocenters. The first kappa shape index (κ1) is 17.4. The number of benzene rings is 2. The maximum atomic E-state index is 11.9. The van der Waals surface area contributed by atoms with E-state index in [-0.39, 0.29) is 5.91 Å². The standard InChI is InChI=1S/C18H17Cl2NO2/c1-2-9-23-17-6-3-13(4-7-17)5-8-18(22)21-16-11-14(19)10-15(20)12-16/h3-8,10-12H,2,9H2,1H3,(H,21,22)/b8-5+. The predicted molar refractivity (Wildman–Crippen MR) is 96.4 cm³/mol. The minimum absolute atomic E-state index is 0.255. The summed E-state index contributed by atoms with van der Waals surface area (Å²) in [5, 5.41) is 3.66. The van der Waals surface area contributed by atoms with Crippen LogP contribution in [0.4, 0.5) is 5.69 Å². The Balaban J connectivity index is 1.95. The van der Waals surface area contributed by atoms with E-state index in [1.165, 1.54) is 6.08 Å². The quantitative estimate of drug-likeness (QED) is 0.705. The van der Waals surface area contributed by atoms with Crippen LogP contribution in [-0.4, -0.2) is 12.5 Å². The van der Waals surface area contributed by atoms with Crippen molar-refractivity contribution in [3.63, 3.8) is 0 Å². The normalized spacial score (nSPS) is 10.7. The summed E-state index contributed by atoms with van der Waals surface area (Å²) in [6, 6.07) is 12.4. The van der Waals surface area contributed by atoms with E-state index < -0.39 is 0 Å². The molecule has 0 heterocycles. The van der Waals surface area contributed by atoms with Crippen LogP contribution in [-0.2, 0) is 4.79 Å². The Labute approximate surface area is 145 Å². The van der Waals surface area contributed by atoms with Crippen LogP contribution in [0, 0.1) is 0 Å². The van der Waals surface area contributed by atoms with E-state index in [1.54, 1.807) is 24.3 Å². The molecule has 5 heteroatoms. The number of rotatable bonds is 6. The van der Waals surface area contributed by atoms with Crippen molar-refractivity contribution in [2.75, 3.05) is 11.9 Å². The molecule has 0 aliphatic carbocycles. The van der Waals surface area contributed by atoms with Gasteiger partial charge in [-0.25, -0.2) is 0 Å². The second kappa shape index (κ2) is 8.61. The number of amides is 1. The zero-order chi connectivity index (χ0) is 16.7. The first-order valence-electron chi connectivity index (χ1n) is 7.25. The summed E-state index contributed by atoms with van der Waals surface area (Å²) in [5.41, 5.74) is 1.47. The van der Waals surface area contributed by atoms with E-state index in [0.717, 1.165) is 17.7 Å². The van der Waals surface area contributed by atoms with Gasteiger partial charge in [-0.2, -0.15) is 0 Å². The smallest absolute Gasteiger partial charge is 0.248 e. The number of anilines is 1. The Morgan fingerprint density at radius 3 is 2.39 bits per heavy atom. The maximum Gasteiger partial charge on any atom is 0.248 e. The van der Waals surface area contributed by atoms with Gasteiger partial charge in [-0.15, -0.1) is 0 Å². The highest BCUT2D eigenvalue weighted by molar-refractivity contribution is 6.35. The van der Waals surface area contributed by atoms with Crippen LogP contribution in [0.1, 0.15) is 18.9 Å². The van der Waals surface area contributed by atoms with Gasteiger partial charge in [0.1, 0.15) is 5.75 Å². The van der Waals surface area contributed by atoms with Crippen molar-refractivity contribution in [3.05, 3.63) is 64.1 Å². The molecule has 0 bridgehead atoms. The van der Waals surface area contributed by atoms with Crippen LogP contribution in [0.15, 0.2) is 48.5 Å². The minimum atomic E-state index is -0.255. The molecule has 0 aliphatic rings. The molecule has 23 heavy (non-hydrogen) atoms. The van der Waals surface area contributed by atoms with Crippen molar-refractivity contribution in [3.8, 4) is 5.75 Å². The van der Waals surface area contributed by atoms with Crippen molar-refractivity contribution < 1.29 is 9.53 Å². The number of hydrogen-bond donors (Lipinski definition) is 1. The van der Waals surface area contributed by atoms with E-state index in [1.807, 2.05) is 24.3 Å². The molecule has 2 aromatic rings. The monoisotopic (exact) mass is 349 g/mol. The molecular weight excluding hydrogens is 333 g/mol. The Morgan fingerprint density at radius 1 is 1.13 bits per heavy atom. The molecule has 1 N–H and O–H groups in total. The summed E-state index contributed by atoms with van der Waals surface area (Å²) in [4.78, 5) is 11.9. The predicted octanol–water partition coefficient (Wildman–Crippen LogP) is 5.43. The fourth-order valence-electron chi connectivity index (χ4n) is 1.88. The summed E-state index contributed by atoms with van der Waals surface area (Å²) in [5.74, 6) is 0.566. The third kappa shape index (κ3) is 5.97. The van der Waals surface area contributed by atoms with E-state index in [4.69, 9.17) is 27.9 Å². The van der Waals surface area contributed by atoms with Crippen LogP contribution in [0.2, 0.25) is 10.0 Å². The van der Waals surface area contributed by atoms with E-state index in [0.29, 0.717) is 22.3 Å². The van der Waals surface area contributed by atoms with Gasteiger partial charge in [0.25, 0.3) is 0 Å². The Morgan fingerprint density at radius 2 is 1.78 bits per heavy atom. The van der Waals surface area contributed by atoms with Crippen molar-refractivity contribution >= 4 is 40.9 Å². The first-order chi connectivity index (χ1) is 11.1. The summed E-state index contributed by atoms with van der Waals surface area (Å²) in [6.45, 7) is 2.75. The van der Waals surface area contributed by atoms with Gasteiger partial charge in [0.05, 0.1) is 6.61 Å². The zero-order valence-electron chi connectivity index (χ0n) is 12.7. The molecular formula is C18H17Cl2NO2. The lowest BCUT2D eigenvalue weighted by Crippen LogP contribution is -2.07. The number of carbonyl (C=O) groups is 1. The van der Waals surface area contributed by atoms with Gasteiger partial charge in [-0.1, -0.05) is 42.3 Å². The van der Waals surface area contributed by atoms with Crippen molar-refractivity contribution in [1.29, 1.82) is 0 Å². The third-order valence-corrected chi connectivity index (χ3v) is 3.35. The Hall–Kier alpha value is -1.97. The Bertz CT molecular complexity index is 676. The summed E-state index contributed by atoms with van der Waals surface area (Å²) in [6.07, 6.45) is 4.15. The molecule has 0 aromatic heterocycles. The average molecular weight is 350 g/mol. The van der Waals surface area contributed by atoms with Gasteiger partial charge in [-0.3, -0.25) is 4.79 Å². The van der Waals surface area contributed by atoms with Gasteiger partial charge in [-0.05, 0) is 48.4 Å². The lowest BCUT2D eigenvalue weighted by atomic mass is 10.2. The molecule has 1 amide bonds. The Kier molecular flexibility index (Phi) is 6.51. The van der Waals surface area contributed by atoms with Crippen molar-refractivity contribution in [2.45, 2.75) is 13.3 Å². The highest BCUT2D eigenvalue weighted by Crippen LogP contribution is 2.22. The fraction of sp³-hybridized carbons (Fsp3) is 0.167. The molecule has 120 valence electrons. The van der Waals surface area contributed by atoms with Crippen LogP contribution in [0.5, 0.6) is 5.75 Å². The van der Waals surface area contributed by atoms with E-state index in [2.05, 4.69) is 12.2 Å². The summed E-state index contributed by atoms with van der Waals surface area (Å²) >= 11 is 11.8. The maximum absolute atomic E-state index is 11.9. The number of ether oxygens (including phenoxy) is 1. The molecule has 0 saturated carbocycles. The molecule has 2 rings (SSSR count). The highest BCUT2D eigenvalue weighted by Gasteiger charge is 2.01. The van der Waals surface area contributed by atoms with Crippen LogP contribution < -0.4 is 10.1 Å². The second-order valence-electron chi connectivity index (χ2n) is 4.90. The third-order valence-electron chi connectivity index (χ3n) is 2.91. The molecule has 0 saturated heterocycles. The van der Waals surface area contributed by atoms with Crippen molar-refractivity contribution in [1.82, 2.24) is 0 Å². The van der Waals surface area contributed by atoms with E-state index >= 15 is 0 Å². The number of carbonyl (C=O) groups excluding carboxylic acids is 1. The van der Waals surface area contributed by atoms with E-state index in [9.17, 15) is 4.79 Å². The molecule has 0 unspecified atom stereocenters. The lowest BCUT2D eigenvalue weighted by molar-refractivity contribution is -0.111. The number of hydrogen-bond acceptors (Lipinski definition) is 2. The molecule has 0 fully saturated rings. The van der Waals surface area contributed by atoms with Gasteiger partial charge < -0.3 is 10.1 Å². The van der Waals surface area contributed by atoms with Gasteiger partial charge >= 0.3 is 0 Å². The van der Waals surface area contributed by atoms with Crippen LogP contribution in [0.25, 0.3) is 6.08 Å². The average Bonchev–Trinajstić information content (AvgIpc) is 2.51. The summed E-state index contributed by atoms with van der Waals surface area (Å²) in [7, 11) is 0. The topological polar surface area (TPSA) is 38.3 Å². The fourth-order valence-corrected chi connectivity index (χ4v) is 2.40. The first-order valence-corrected chi connectivity index (χ1v) is 8.00. The summed E-state index contributed by atoms with van der Waals surface area (Å²) < 4.78 is 5.51. The molecule has 0 radical (unpaired) electrons.